The monoisotopic (exact) mass is 448 g/mol. The maximum atomic E-state index is 12.7. The Kier molecular flexibility index (Phi) is 6.98. The van der Waals surface area contributed by atoms with E-state index in [1.807, 2.05) is 56.3 Å². The molecule has 0 atom stereocenters. The first-order valence-corrected chi connectivity index (χ1v) is 11.2. The topological polar surface area (TPSA) is 85.9 Å². The van der Waals surface area contributed by atoms with Gasteiger partial charge in [0.25, 0.3) is 5.91 Å². The Bertz CT molecular complexity index is 1150. The minimum atomic E-state index is -0.332. The molecule has 0 aromatic heterocycles. The number of nitrogens with one attached hydrogen (secondary N) is 2. The van der Waals surface area contributed by atoms with Crippen LogP contribution in [0.25, 0.3) is 10.8 Å². The number of hydrogen-bond acceptors (Lipinski definition) is 5. The minimum Gasteiger partial charge on any atom is -0.492 e. The second-order valence-electron chi connectivity index (χ2n) is 7.79. The Morgan fingerprint density at radius 3 is 2.12 bits per heavy atom. The highest BCUT2D eigenvalue weighted by Gasteiger charge is 2.30. The summed E-state index contributed by atoms with van der Waals surface area (Å²) in [6, 6.07) is 16.9. The first kappa shape index (κ1) is 22.5. The molecule has 1 aliphatic carbocycles. The molecule has 0 saturated heterocycles. The smallest absolute Gasteiger partial charge is 0.262 e. The van der Waals surface area contributed by atoms with Gasteiger partial charge in [0.2, 0.25) is 5.91 Å². The Morgan fingerprint density at radius 2 is 1.45 bits per heavy atom. The number of carbonyl (C=O) groups is 2. The van der Waals surface area contributed by atoms with Crippen LogP contribution in [0, 0.1) is 5.92 Å². The third-order valence-corrected chi connectivity index (χ3v) is 5.27. The number of fused-ring (bicyclic) bond motifs is 1. The Labute approximate surface area is 193 Å². The lowest BCUT2D eigenvalue weighted by molar-refractivity contribution is -0.118. The van der Waals surface area contributed by atoms with Gasteiger partial charge in [-0.1, -0.05) is 36.4 Å². The van der Waals surface area contributed by atoms with Gasteiger partial charge in [0.1, 0.15) is 17.2 Å². The van der Waals surface area contributed by atoms with Gasteiger partial charge in [-0.05, 0) is 38.1 Å². The highest BCUT2D eigenvalue weighted by atomic mass is 16.5. The van der Waals surface area contributed by atoms with Crippen LogP contribution in [0.5, 0.6) is 17.2 Å². The Balaban J connectivity index is 1.50. The summed E-state index contributed by atoms with van der Waals surface area (Å²) in [5, 5.41) is 7.75. The van der Waals surface area contributed by atoms with Crippen LogP contribution in [0.3, 0.4) is 0 Å². The van der Waals surface area contributed by atoms with Gasteiger partial charge in [-0.3, -0.25) is 9.59 Å². The molecule has 2 N–H and O–H groups in total. The first-order chi connectivity index (χ1) is 16.1. The van der Waals surface area contributed by atoms with Crippen LogP contribution in [0.1, 0.15) is 26.7 Å². The zero-order chi connectivity index (χ0) is 23.2. The molecule has 0 heterocycles. The average molecular weight is 449 g/mol. The molecule has 7 heteroatoms. The van der Waals surface area contributed by atoms with Crippen molar-refractivity contribution >= 4 is 34.0 Å². The van der Waals surface area contributed by atoms with Crippen molar-refractivity contribution in [2.75, 3.05) is 30.5 Å². The summed E-state index contributed by atoms with van der Waals surface area (Å²) < 4.78 is 17.2. The van der Waals surface area contributed by atoms with Gasteiger partial charge in [-0.2, -0.15) is 0 Å². The summed E-state index contributed by atoms with van der Waals surface area (Å²) in [6.07, 6.45) is 1.80. The first-order valence-electron chi connectivity index (χ1n) is 11.2. The highest BCUT2D eigenvalue weighted by molar-refractivity contribution is 5.98. The second-order valence-corrected chi connectivity index (χ2v) is 7.79. The summed E-state index contributed by atoms with van der Waals surface area (Å²) in [5.41, 5.74) is 0.985. The third-order valence-electron chi connectivity index (χ3n) is 5.27. The van der Waals surface area contributed by atoms with E-state index in [0.29, 0.717) is 41.8 Å². The van der Waals surface area contributed by atoms with Gasteiger partial charge in [0, 0.05) is 23.4 Å². The number of benzene rings is 3. The Hall–Kier alpha value is -3.74. The van der Waals surface area contributed by atoms with E-state index in [1.54, 1.807) is 12.1 Å². The second kappa shape index (κ2) is 10.3. The van der Waals surface area contributed by atoms with Gasteiger partial charge in [-0.25, -0.2) is 0 Å². The van der Waals surface area contributed by atoms with Crippen LogP contribution >= 0.6 is 0 Å². The molecule has 0 aliphatic heterocycles. The van der Waals surface area contributed by atoms with E-state index in [0.717, 1.165) is 23.6 Å². The lowest BCUT2D eigenvalue weighted by Gasteiger charge is -2.18. The zero-order valence-corrected chi connectivity index (χ0v) is 18.9. The third kappa shape index (κ3) is 5.55. The van der Waals surface area contributed by atoms with Crippen molar-refractivity contribution in [3.05, 3.63) is 54.6 Å². The highest BCUT2D eigenvalue weighted by Crippen LogP contribution is 2.38. The maximum Gasteiger partial charge on any atom is 0.262 e. The van der Waals surface area contributed by atoms with Crippen LogP contribution in [0.2, 0.25) is 0 Å². The van der Waals surface area contributed by atoms with Gasteiger partial charge in [-0.15, -0.1) is 0 Å². The number of anilines is 2. The molecule has 4 rings (SSSR count). The fourth-order valence-corrected chi connectivity index (χ4v) is 3.54. The molecule has 172 valence electrons. The molecule has 0 unspecified atom stereocenters. The lowest BCUT2D eigenvalue weighted by Crippen LogP contribution is -2.21. The van der Waals surface area contributed by atoms with Crippen molar-refractivity contribution in [1.82, 2.24) is 0 Å². The number of carbonyl (C=O) groups excluding carboxylic acids is 2. The molecule has 1 fully saturated rings. The molecule has 0 bridgehead atoms. The maximum absolute atomic E-state index is 12.7. The van der Waals surface area contributed by atoms with Crippen LogP contribution in [0.15, 0.2) is 54.6 Å². The van der Waals surface area contributed by atoms with Crippen molar-refractivity contribution in [3.8, 4) is 17.2 Å². The fraction of sp³-hybridized carbons (Fsp3) is 0.308. The molecule has 7 nitrogen and oxygen atoms in total. The summed E-state index contributed by atoms with van der Waals surface area (Å²) in [5.74, 6) is 1.26. The van der Waals surface area contributed by atoms with E-state index in [4.69, 9.17) is 14.2 Å². The standard InChI is InChI=1S/C26H28N2O5/c1-3-31-23-15-21(28-26(30)18-12-13-18)24(32-4-2)14-20(23)27-25(29)16-33-22-11-7-9-17-8-5-6-10-19(17)22/h5-11,14-15,18H,3-4,12-13,16H2,1-2H3,(H,27,29)(H,28,30). The quantitative estimate of drug-likeness (QED) is 0.456. The molecule has 0 radical (unpaired) electrons. The van der Waals surface area contributed by atoms with Crippen LogP contribution < -0.4 is 24.8 Å². The van der Waals surface area contributed by atoms with E-state index >= 15 is 0 Å². The van der Waals surface area contributed by atoms with Gasteiger partial charge in [0.15, 0.2) is 6.61 Å². The van der Waals surface area contributed by atoms with Gasteiger partial charge < -0.3 is 24.8 Å². The normalized spacial score (nSPS) is 12.8. The number of rotatable bonds is 10. The Morgan fingerprint density at radius 1 is 0.818 bits per heavy atom. The van der Waals surface area contributed by atoms with Gasteiger partial charge >= 0.3 is 0 Å². The predicted octanol–water partition coefficient (Wildman–Crippen LogP) is 5.00. The van der Waals surface area contributed by atoms with E-state index < -0.39 is 0 Å². The summed E-state index contributed by atoms with van der Waals surface area (Å²) in [7, 11) is 0. The molecule has 0 spiro atoms. The van der Waals surface area contributed by atoms with Crippen LogP contribution in [0.4, 0.5) is 11.4 Å². The molecule has 3 aromatic carbocycles. The van der Waals surface area contributed by atoms with Gasteiger partial charge in [0.05, 0.1) is 24.6 Å². The number of amides is 2. The van der Waals surface area contributed by atoms with E-state index in [-0.39, 0.29) is 24.3 Å². The van der Waals surface area contributed by atoms with E-state index in [2.05, 4.69) is 10.6 Å². The summed E-state index contributed by atoms with van der Waals surface area (Å²) in [6.45, 7) is 4.37. The van der Waals surface area contributed by atoms with Crippen molar-refractivity contribution < 1.29 is 23.8 Å². The SMILES string of the molecule is CCOc1cc(NC(=O)C2CC2)c(OCC)cc1NC(=O)COc1cccc2ccccc12. The minimum absolute atomic E-state index is 0.0290. The van der Waals surface area contributed by atoms with E-state index in [1.165, 1.54) is 0 Å². The molecule has 1 aliphatic rings. The van der Waals surface area contributed by atoms with Crippen LogP contribution in [-0.2, 0) is 9.59 Å². The van der Waals surface area contributed by atoms with Crippen molar-refractivity contribution in [2.45, 2.75) is 26.7 Å². The van der Waals surface area contributed by atoms with Crippen molar-refractivity contribution in [3.63, 3.8) is 0 Å². The fourth-order valence-electron chi connectivity index (χ4n) is 3.54. The lowest BCUT2D eigenvalue weighted by atomic mass is 10.1. The molecule has 33 heavy (non-hydrogen) atoms. The molecule has 3 aromatic rings. The molecular weight excluding hydrogens is 420 g/mol. The van der Waals surface area contributed by atoms with E-state index in [9.17, 15) is 9.59 Å². The number of hydrogen-bond donors (Lipinski definition) is 2. The molecule has 2 amide bonds. The summed E-state index contributed by atoms with van der Waals surface area (Å²) in [4.78, 5) is 25.0. The van der Waals surface area contributed by atoms with Crippen molar-refractivity contribution in [1.29, 1.82) is 0 Å². The average Bonchev–Trinajstić information content (AvgIpc) is 3.66. The van der Waals surface area contributed by atoms with Crippen molar-refractivity contribution in [2.24, 2.45) is 5.92 Å². The predicted molar refractivity (Wildman–Crippen MR) is 128 cm³/mol. The zero-order valence-electron chi connectivity index (χ0n) is 18.9. The largest absolute Gasteiger partial charge is 0.492 e. The molecular formula is C26H28N2O5. The van der Waals surface area contributed by atoms with Crippen LogP contribution in [-0.4, -0.2) is 31.6 Å². The molecule has 1 saturated carbocycles. The summed E-state index contributed by atoms with van der Waals surface area (Å²) >= 11 is 0. The number of ether oxygens (including phenoxy) is 3.